The molecular formula is C13H24N4O6S2. The van der Waals surface area contributed by atoms with Gasteiger partial charge in [-0.2, -0.15) is 25.3 Å². The van der Waals surface area contributed by atoms with Crippen LogP contribution in [0.25, 0.3) is 0 Å². The van der Waals surface area contributed by atoms with Crippen LogP contribution in [0.1, 0.15) is 13.8 Å². The lowest BCUT2D eigenvalue weighted by Gasteiger charge is -2.23. The smallest absolute Gasteiger partial charge is 0.328 e. The largest absolute Gasteiger partial charge is 0.480 e. The van der Waals surface area contributed by atoms with Gasteiger partial charge in [-0.3, -0.25) is 14.4 Å². The highest BCUT2D eigenvalue weighted by atomic mass is 32.1. The van der Waals surface area contributed by atoms with E-state index in [0.717, 1.165) is 0 Å². The molecule has 0 saturated heterocycles. The van der Waals surface area contributed by atoms with Gasteiger partial charge in [0, 0.05) is 11.5 Å². The SMILES string of the molecule is CC(NC(=O)C(CS)NC(=O)C(N)CS)C(=O)NC(C(=O)O)C(C)O. The Bertz CT molecular complexity index is 505. The van der Waals surface area contributed by atoms with Crippen LogP contribution in [0.4, 0.5) is 0 Å². The van der Waals surface area contributed by atoms with E-state index in [2.05, 4.69) is 41.2 Å². The van der Waals surface area contributed by atoms with Crippen molar-refractivity contribution in [3.63, 3.8) is 0 Å². The third kappa shape index (κ3) is 7.94. The highest BCUT2D eigenvalue weighted by Crippen LogP contribution is 1.97. The fourth-order valence-corrected chi connectivity index (χ4v) is 2.03. The highest BCUT2D eigenvalue weighted by molar-refractivity contribution is 7.80. The average molecular weight is 396 g/mol. The maximum absolute atomic E-state index is 12.1. The minimum absolute atomic E-state index is 0.0450. The summed E-state index contributed by atoms with van der Waals surface area (Å²) >= 11 is 7.84. The van der Waals surface area contributed by atoms with E-state index in [1.807, 2.05) is 0 Å². The summed E-state index contributed by atoms with van der Waals surface area (Å²) < 4.78 is 0. The van der Waals surface area contributed by atoms with Crippen LogP contribution in [-0.4, -0.2) is 75.7 Å². The molecule has 0 bridgehead atoms. The second-order valence-corrected chi connectivity index (χ2v) is 6.06. The number of nitrogens with one attached hydrogen (secondary N) is 3. The summed E-state index contributed by atoms with van der Waals surface area (Å²) in [4.78, 5) is 46.7. The number of carbonyl (C=O) groups excluding carboxylic acids is 3. The molecule has 0 aromatic carbocycles. The van der Waals surface area contributed by atoms with E-state index in [4.69, 9.17) is 10.8 Å². The van der Waals surface area contributed by atoms with Crippen LogP contribution < -0.4 is 21.7 Å². The Labute approximate surface area is 156 Å². The molecule has 7 N–H and O–H groups in total. The molecule has 0 aliphatic rings. The Morgan fingerprint density at radius 2 is 1.52 bits per heavy atom. The number of thiol groups is 2. The summed E-state index contributed by atoms with van der Waals surface area (Å²) in [5.41, 5.74) is 5.49. The Morgan fingerprint density at radius 3 is 1.92 bits per heavy atom. The zero-order valence-corrected chi connectivity index (χ0v) is 15.6. The van der Waals surface area contributed by atoms with Crippen LogP contribution in [-0.2, 0) is 19.2 Å². The van der Waals surface area contributed by atoms with Crippen LogP contribution in [0.15, 0.2) is 0 Å². The molecule has 3 amide bonds. The normalized spacial score (nSPS) is 16.7. The molecule has 5 unspecified atom stereocenters. The Morgan fingerprint density at radius 1 is 0.960 bits per heavy atom. The molecule has 10 nitrogen and oxygen atoms in total. The van der Waals surface area contributed by atoms with Gasteiger partial charge in [-0.15, -0.1) is 0 Å². The third-order valence-corrected chi connectivity index (χ3v) is 3.91. The first-order chi connectivity index (χ1) is 11.5. The second kappa shape index (κ2) is 11.2. The molecule has 0 aliphatic carbocycles. The number of aliphatic carboxylic acids is 1. The fraction of sp³-hybridized carbons (Fsp3) is 0.692. The predicted molar refractivity (Wildman–Crippen MR) is 96.5 cm³/mol. The van der Waals surface area contributed by atoms with Crippen molar-refractivity contribution in [2.45, 2.75) is 44.1 Å². The first kappa shape index (κ1) is 23.5. The molecule has 0 aromatic rings. The number of carboxylic acids is 1. The first-order valence-electron chi connectivity index (χ1n) is 7.34. The number of aliphatic hydroxyl groups is 1. The molecule has 0 rings (SSSR count). The van der Waals surface area contributed by atoms with Gasteiger partial charge in [-0.25, -0.2) is 4.79 Å². The molecule has 0 saturated carbocycles. The second-order valence-electron chi connectivity index (χ2n) is 5.33. The number of nitrogens with two attached hydrogens (primary N) is 1. The van der Waals surface area contributed by atoms with Gasteiger partial charge in [0.15, 0.2) is 6.04 Å². The van der Waals surface area contributed by atoms with E-state index in [1.54, 1.807) is 0 Å². The van der Waals surface area contributed by atoms with Crippen LogP contribution in [0.5, 0.6) is 0 Å². The number of carboxylic acid groups (broad SMARTS) is 1. The van der Waals surface area contributed by atoms with Crippen LogP contribution in [0, 0.1) is 0 Å². The van der Waals surface area contributed by atoms with Crippen LogP contribution >= 0.6 is 25.3 Å². The number of hydrogen-bond acceptors (Lipinski definition) is 8. The Hall–Kier alpha value is -1.50. The number of carbonyl (C=O) groups is 4. The van der Waals surface area contributed by atoms with Gasteiger partial charge in [0.25, 0.3) is 0 Å². The fourth-order valence-electron chi connectivity index (χ4n) is 1.60. The van der Waals surface area contributed by atoms with Crippen molar-refractivity contribution in [2.75, 3.05) is 11.5 Å². The van der Waals surface area contributed by atoms with E-state index in [9.17, 15) is 24.3 Å². The van der Waals surface area contributed by atoms with Crippen LogP contribution in [0.2, 0.25) is 0 Å². The molecular weight excluding hydrogens is 372 g/mol. The molecule has 5 atom stereocenters. The summed E-state index contributed by atoms with van der Waals surface area (Å²) in [6.45, 7) is 2.53. The zero-order valence-electron chi connectivity index (χ0n) is 13.8. The summed E-state index contributed by atoms with van der Waals surface area (Å²) in [5, 5.41) is 25.1. The number of aliphatic hydroxyl groups excluding tert-OH is 1. The van der Waals surface area contributed by atoms with Crippen molar-refractivity contribution in [2.24, 2.45) is 5.73 Å². The molecule has 0 aliphatic heterocycles. The third-order valence-electron chi connectivity index (χ3n) is 3.15. The van der Waals surface area contributed by atoms with Crippen molar-refractivity contribution in [1.29, 1.82) is 0 Å². The van der Waals surface area contributed by atoms with Crippen LogP contribution in [0.3, 0.4) is 0 Å². The van der Waals surface area contributed by atoms with E-state index < -0.39 is 54.0 Å². The lowest BCUT2D eigenvalue weighted by molar-refractivity contribution is -0.145. The maximum atomic E-state index is 12.1. The topological polar surface area (TPSA) is 171 Å². The van der Waals surface area contributed by atoms with E-state index in [-0.39, 0.29) is 11.5 Å². The molecule has 0 aromatic heterocycles. The standard InChI is InChI=1S/C13H24N4O6S2/c1-5(10(19)17-9(6(2)18)13(22)23)15-12(21)8(4-25)16-11(20)7(14)3-24/h5-9,18,24-25H,3-4,14H2,1-2H3,(H,15,21)(H,16,20)(H,17,19)(H,22,23). The minimum Gasteiger partial charge on any atom is -0.480 e. The van der Waals surface area contributed by atoms with E-state index >= 15 is 0 Å². The van der Waals surface area contributed by atoms with E-state index in [0.29, 0.717) is 0 Å². The molecule has 144 valence electrons. The summed E-state index contributed by atoms with van der Waals surface area (Å²) in [5.74, 6) is -3.47. The Balaban J connectivity index is 4.76. The summed E-state index contributed by atoms with van der Waals surface area (Å²) in [7, 11) is 0. The molecule has 12 heteroatoms. The van der Waals surface area contributed by atoms with Gasteiger partial charge >= 0.3 is 5.97 Å². The van der Waals surface area contributed by atoms with Gasteiger partial charge in [-0.05, 0) is 13.8 Å². The molecule has 0 spiro atoms. The van der Waals surface area contributed by atoms with Gasteiger partial charge in [0.1, 0.15) is 12.1 Å². The maximum Gasteiger partial charge on any atom is 0.328 e. The lowest BCUT2D eigenvalue weighted by Crippen LogP contribution is -2.58. The number of amides is 3. The highest BCUT2D eigenvalue weighted by Gasteiger charge is 2.29. The van der Waals surface area contributed by atoms with Crippen molar-refractivity contribution in [3.8, 4) is 0 Å². The predicted octanol–water partition coefficient (Wildman–Crippen LogP) is -2.89. The van der Waals surface area contributed by atoms with Crippen molar-refractivity contribution >= 4 is 48.9 Å². The molecule has 0 fully saturated rings. The lowest BCUT2D eigenvalue weighted by atomic mass is 10.1. The van der Waals surface area contributed by atoms with Crippen molar-refractivity contribution < 1.29 is 29.4 Å². The summed E-state index contributed by atoms with van der Waals surface area (Å²) in [6, 6.07) is -4.56. The zero-order chi connectivity index (χ0) is 19.7. The van der Waals surface area contributed by atoms with E-state index in [1.165, 1.54) is 13.8 Å². The van der Waals surface area contributed by atoms with Crippen molar-refractivity contribution in [3.05, 3.63) is 0 Å². The quantitative estimate of drug-likeness (QED) is 0.183. The Kier molecular flexibility index (Phi) is 10.5. The van der Waals surface area contributed by atoms with Gasteiger partial charge in [0.2, 0.25) is 17.7 Å². The molecule has 25 heavy (non-hydrogen) atoms. The van der Waals surface area contributed by atoms with Gasteiger partial charge in [-0.1, -0.05) is 0 Å². The minimum atomic E-state index is -1.51. The molecule has 0 heterocycles. The number of hydrogen-bond donors (Lipinski definition) is 8. The first-order valence-corrected chi connectivity index (χ1v) is 8.60. The summed E-state index contributed by atoms with van der Waals surface area (Å²) in [6.07, 6.45) is -1.32. The molecule has 0 radical (unpaired) electrons. The van der Waals surface area contributed by atoms with Crippen molar-refractivity contribution in [1.82, 2.24) is 16.0 Å². The van der Waals surface area contributed by atoms with Gasteiger partial charge < -0.3 is 31.9 Å². The number of rotatable bonds is 10. The van der Waals surface area contributed by atoms with Gasteiger partial charge in [0.05, 0.1) is 12.1 Å². The average Bonchev–Trinajstić information content (AvgIpc) is 2.54. The monoisotopic (exact) mass is 396 g/mol.